The van der Waals surface area contributed by atoms with Crippen molar-refractivity contribution in [2.24, 2.45) is 11.7 Å². The van der Waals surface area contributed by atoms with E-state index in [2.05, 4.69) is 31.8 Å². The SMILES string of the molecule is CCC(C)C(C)(N)Cc1cccnc1. The molecule has 1 rings (SSSR count). The summed E-state index contributed by atoms with van der Waals surface area (Å²) in [5, 5.41) is 0. The maximum absolute atomic E-state index is 6.28. The molecular weight excluding hydrogens is 172 g/mol. The average Bonchev–Trinajstić information content (AvgIpc) is 2.17. The lowest BCUT2D eigenvalue weighted by Crippen LogP contribution is -2.44. The summed E-state index contributed by atoms with van der Waals surface area (Å²) in [5.41, 5.74) is 7.37. The second-order valence-electron chi connectivity index (χ2n) is 4.35. The van der Waals surface area contributed by atoms with Gasteiger partial charge in [0.25, 0.3) is 0 Å². The molecule has 1 heterocycles. The molecule has 2 atom stereocenters. The molecule has 2 unspecified atom stereocenters. The third kappa shape index (κ3) is 2.81. The molecule has 2 heteroatoms. The minimum atomic E-state index is -0.127. The molecule has 0 spiro atoms. The van der Waals surface area contributed by atoms with Gasteiger partial charge in [0.05, 0.1) is 0 Å². The molecule has 0 aromatic carbocycles. The van der Waals surface area contributed by atoms with E-state index in [9.17, 15) is 0 Å². The summed E-state index contributed by atoms with van der Waals surface area (Å²) in [6, 6.07) is 4.04. The van der Waals surface area contributed by atoms with Crippen molar-refractivity contribution in [1.29, 1.82) is 0 Å². The zero-order valence-corrected chi connectivity index (χ0v) is 9.33. The van der Waals surface area contributed by atoms with Gasteiger partial charge in [0.2, 0.25) is 0 Å². The summed E-state index contributed by atoms with van der Waals surface area (Å²) in [5.74, 6) is 0.530. The van der Waals surface area contributed by atoms with E-state index in [1.54, 1.807) is 6.20 Å². The van der Waals surface area contributed by atoms with Crippen LogP contribution in [0.4, 0.5) is 0 Å². The number of nitrogens with two attached hydrogens (primary N) is 1. The minimum Gasteiger partial charge on any atom is -0.325 e. The predicted molar refractivity (Wildman–Crippen MR) is 60.0 cm³/mol. The average molecular weight is 192 g/mol. The predicted octanol–water partition coefficient (Wildman–Crippen LogP) is 2.39. The van der Waals surface area contributed by atoms with Crippen molar-refractivity contribution in [3.63, 3.8) is 0 Å². The van der Waals surface area contributed by atoms with Crippen molar-refractivity contribution < 1.29 is 0 Å². The Balaban J connectivity index is 2.68. The molecule has 0 bridgehead atoms. The molecular formula is C12H20N2. The molecule has 0 amide bonds. The van der Waals surface area contributed by atoms with Crippen LogP contribution in [0.5, 0.6) is 0 Å². The monoisotopic (exact) mass is 192 g/mol. The molecule has 14 heavy (non-hydrogen) atoms. The fourth-order valence-electron chi connectivity index (χ4n) is 1.58. The van der Waals surface area contributed by atoms with Crippen LogP contribution in [-0.2, 0) is 6.42 Å². The highest BCUT2D eigenvalue weighted by molar-refractivity contribution is 5.12. The van der Waals surface area contributed by atoms with Gasteiger partial charge in [0.15, 0.2) is 0 Å². The Hall–Kier alpha value is -0.890. The van der Waals surface area contributed by atoms with Gasteiger partial charge in [-0.05, 0) is 30.9 Å². The summed E-state index contributed by atoms with van der Waals surface area (Å²) in [4.78, 5) is 4.10. The van der Waals surface area contributed by atoms with Crippen molar-refractivity contribution in [3.05, 3.63) is 30.1 Å². The van der Waals surface area contributed by atoms with E-state index in [4.69, 9.17) is 5.73 Å². The Morgan fingerprint density at radius 3 is 2.79 bits per heavy atom. The van der Waals surface area contributed by atoms with Crippen LogP contribution >= 0.6 is 0 Å². The highest BCUT2D eigenvalue weighted by atomic mass is 14.7. The number of rotatable bonds is 4. The summed E-state index contributed by atoms with van der Waals surface area (Å²) in [7, 11) is 0. The molecule has 0 saturated heterocycles. The van der Waals surface area contributed by atoms with Crippen molar-refractivity contribution in [3.8, 4) is 0 Å². The highest BCUT2D eigenvalue weighted by Crippen LogP contribution is 2.21. The molecule has 0 radical (unpaired) electrons. The Morgan fingerprint density at radius 1 is 1.57 bits per heavy atom. The number of nitrogens with zero attached hydrogens (tertiary/aromatic N) is 1. The maximum Gasteiger partial charge on any atom is 0.0300 e. The first-order valence-electron chi connectivity index (χ1n) is 5.24. The van der Waals surface area contributed by atoms with E-state index < -0.39 is 0 Å². The van der Waals surface area contributed by atoms with Crippen LogP contribution in [0.3, 0.4) is 0 Å². The van der Waals surface area contributed by atoms with Gasteiger partial charge in [0, 0.05) is 17.9 Å². The van der Waals surface area contributed by atoms with E-state index in [-0.39, 0.29) is 5.54 Å². The van der Waals surface area contributed by atoms with Gasteiger partial charge in [-0.15, -0.1) is 0 Å². The number of hydrogen-bond acceptors (Lipinski definition) is 2. The third-order valence-corrected chi connectivity index (χ3v) is 3.05. The Kier molecular flexibility index (Phi) is 3.64. The Labute approximate surface area is 86.5 Å². The fraction of sp³-hybridized carbons (Fsp3) is 0.583. The van der Waals surface area contributed by atoms with Crippen molar-refractivity contribution >= 4 is 0 Å². The summed E-state index contributed by atoms with van der Waals surface area (Å²) in [6.45, 7) is 6.50. The maximum atomic E-state index is 6.28. The van der Waals surface area contributed by atoms with Crippen LogP contribution in [0.15, 0.2) is 24.5 Å². The zero-order chi connectivity index (χ0) is 10.6. The van der Waals surface area contributed by atoms with Crippen molar-refractivity contribution in [2.45, 2.75) is 39.2 Å². The second kappa shape index (κ2) is 4.56. The van der Waals surface area contributed by atoms with Gasteiger partial charge in [0.1, 0.15) is 0 Å². The van der Waals surface area contributed by atoms with E-state index >= 15 is 0 Å². The normalized spacial score (nSPS) is 17.4. The lowest BCUT2D eigenvalue weighted by atomic mass is 9.81. The van der Waals surface area contributed by atoms with Gasteiger partial charge < -0.3 is 5.73 Å². The first kappa shape index (κ1) is 11.2. The van der Waals surface area contributed by atoms with Crippen LogP contribution in [0.1, 0.15) is 32.8 Å². The van der Waals surface area contributed by atoms with Crippen molar-refractivity contribution in [2.75, 3.05) is 0 Å². The standard InChI is InChI=1S/C12H20N2/c1-4-10(2)12(3,13)8-11-6-5-7-14-9-11/h5-7,9-10H,4,8,13H2,1-3H3. The molecule has 0 fully saturated rings. The summed E-state index contributed by atoms with van der Waals surface area (Å²) >= 11 is 0. The van der Waals surface area contributed by atoms with Crippen LogP contribution in [-0.4, -0.2) is 10.5 Å². The molecule has 0 aliphatic carbocycles. The number of hydrogen-bond donors (Lipinski definition) is 1. The molecule has 1 aromatic heterocycles. The van der Waals surface area contributed by atoms with Crippen molar-refractivity contribution in [1.82, 2.24) is 4.98 Å². The number of aromatic nitrogens is 1. The van der Waals surface area contributed by atoms with E-state index in [1.807, 2.05) is 12.3 Å². The van der Waals surface area contributed by atoms with Crippen LogP contribution in [0, 0.1) is 5.92 Å². The lowest BCUT2D eigenvalue weighted by Gasteiger charge is -2.31. The van der Waals surface area contributed by atoms with Crippen LogP contribution < -0.4 is 5.73 Å². The summed E-state index contributed by atoms with van der Waals surface area (Å²) in [6.07, 6.45) is 5.71. The summed E-state index contributed by atoms with van der Waals surface area (Å²) < 4.78 is 0. The van der Waals surface area contributed by atoms with Gasteiger partial charge in [-0.2, -0.15) is 0 Å². The van der Waals surface area contributed by atoms with Gasteiger partial charge in [-0.3, -0.25) is 4.98 Å². The minimum absolute atomic E-state index is 0.127. The molecule has 0 aliphatic rings. The van der Waals surface area contributed by atoms with Crippen LogP contribution in [0.25, 0.3) is 0 Å². The fourth-order valence-corrected chi connectivity index (χ4v) is 1.58. The van der Waals surface area contributed by atoms with Crippen LogP contribution in [0.2, 0.25) is 0 Å². The van der Waals surface area contributed by atoms with Gasteiger partial charge >= 0.3 is 0 Å². The molecule has 2 nitrogen and oxygen atoms in total. The first-order chi connectivity index (χ1) is 6.56. The topological polar surface area (TPSA) is 38.9 Å². The first-order valence-corrected chi connectivity index (χ1v) is 5.24. The molecule has 0 saturated carbocycles. The molecule has 2 N–H and O–H groups in total. The quantitative estimate of drug-likeness (QED) is 0.795. The van der Waals surface area contributed by atoms with E-state index in [1.165, 1.54) is 5.56 Å². The highest BCUT2D eigenvalue weighted by Gasteiger charge is 2.25. The smallest absolute Gasteiger partial charge is 0.0300 e. The lowest BCUT2D eigenvalue weighted by molar-refractivity contribution is 0.306. The largest absolute Gasteiger partial charge is 0.325 e. The molecule has 78 valence electrons. The Morgan fingerprint density at radius 2 is 2.29 bits per heavy atom. The molecule has 0 aliphatic heterocycles. The second-order valence-corrected chi connectivity index (χ2v) is 4.35. The molecule has 1 aromatic rings. The number of pyridine rings is 1. The Bertz CT molecular complexity index is 267. The van der Waals surface area contributed by atoms with Gasteiger partial charge in [-0.25, -0.2) is 0 Å². The third-order valence-electron chi connectivity index (χ3n) is 3.05. The zero-order valence-electron chi connectivity index (χ0n) is 9.33. The van der Waals surface area contributed by atoms with E-state index in [0.717, 1.165) is 12.8 Å². The van der Waals surface area contributed by atoms with E-state index in [0.29, 0.717) is 5.92 Å². The van der Waals surface area contributed by atoms with Gasteiger partial charge in [-0.1, -0.05) is 26.3 Å².